The van der Waals surface area contributed by atoms with Gasteiger partial charge in [-0.05, 0) is 16.7 Å². The molecule has 6 rings (SSSR count). The molecule has 1 aliphatic carbocycles. The first-order valence-electron chi connectivity index (χ1n) is 13.4. The van der Waals surface area contributed by atoms with E-state index < -0.39 is 0 Å². The maximum absolute atomic E-state index is 13.9. The maximum atomic E-state index is 13.9. The number of piperazine rings is 1. The number of allylic oxidation sites excluding steroid dienone is 2. The normalized spacial score (nSPS) is 16.1. The van der Waals surface area contributed by atoms with Crippen LogP contribution in [-0.4, -0.2) is 47.5 Å². The van der Waals surface area contributed by atoms with E-state index in [2.05, 4.69) is 70.5 Å². The summed E-state index contributed by atoms with van der Waals surface area (Å²) in [6.45, 7) is 2.94. The molecule has 4 aromatic rings. The van der Waals surface area contributed by atoms with Crippen LogP contribution in [0.1, 0.15) is 43.4 Å². The van der Waals surface area contributed by atoms with E-state index >= 15 is 0 Å². The molecule has 1 fully saturated rings. The second-order valence-electron chi connectivity index (χ2n) is 9.90. The topological polar surface area (TPSA) is 40.6 Å². The Bertz CT molecular complexity index is 1450. The third-order valence-electron chi connectivity index (χ3n) is 7.50. The first kappa shape index (κ1) is 25.4. The molecule has 0 saturated carbocycles. The smallest absolute Gasteiger partial charge is 0.211 e. The Hall–Kier alpha value is -3.93. The summed E-state index contributed by atoms with van der Waals surface area (Å²) in [6, 6.07) is 38.7. The lowest BCUT2D eigenvalue weighted by Gasteiger charge is -2.42. The molecular formula is C34H30N2O2S. The number of ketones is 2. The molecule has 0 bridgehead atoms. The van der Waals surface area contributed by atoms with Crippen LogP contribution >= 0.6 is 11.8 Å². The summed E-state index contributed by atoms with van der Waals surface area (Å²) in [5.74, 6) is 0.553. The van der Waals surface area contributed by atoms with E-state index in [1.54, 1.807) is 12.1 Å². The van der Waals surface area contributed by atoms with E-state index in [9.17, 15) is 9.59 Å². The van der Waals surface area contributed by atoms with Crippen molar-refractivity contribution < 1.29 is 9.59 Å². The number of Topliss-reactive ketones (excluding diaryl/α,β-unsaturated/α-hetero) is 2. The first-order chi connectivity index (χ1) is 19.2. The first-order valence-corrected chi connectivity index (χ1v) is 14.4. The molecule has 0 N–H and O–H groups in total. The van der Waals surface area contributed by atoms with Gasteiger partial charge in [0.25, 0.3) is 0 Å². The number of benzene rings is 4. The van der Waals surface area contributed by atoms with Crippen LogP contribution in [0.2, 0.25) is 0 Å². The van der Waals surface area contributed by atoms with Gasteiger partial charge in [0.1, 0.15) is 5.70 Å². The summed E-state index contributed by atoms with van der Waals surface area (Å²) in [6.07, 6.45) is 0. The van der Waals surface area contributed by atoms with Gasteiger partial charge < -0.3 is 4.90 Å². The van der Waals surface area contributed by atoms with Crippen LogP contribution in [0.15, 0.2) is 126 Å². The van der Waals surface area contributed by atoms with Crippen molar-refractivity contribution in [3.05, 3.63) is 154 Å². The largest absolute Gasteiger partial charge is 0.365 e. The van der Waals surface area contributed by atoms with Crippen molar-refractivity contribution in [2.24, 2.45) is 0 Å². The van der Waals surface area contributed by atoms with Crippen LogP contribution in [0, 0.1) is 0 Å². The highest BCUT2D eigenvalue weighted by Crippen LogP contribution is 2.37. The number of carbonyl (C=O) groups is 2. The van der Waals surface area contributed by atoms with E-state index in [0.717, 1.165) is 18.7 Å². The second-order valence-corrected chi connectivity index (χ2v) is 10.9. The van der Waals surface area contributed by atoms with Gasteiger partial charge in [0.05, 0.1) is 10.9 Å². The number of nitrogens with zero attached hydrogens (tertiary/aromatic N) is 2. The lowest BCUT2D eigenvalue weighted by Crippen LogP contribution is -2.49. The summed E-state index contributed by atoms with van der Waals surface area (Å²) in [5.41, 5.74) is 5.23. The average Bonchev–Trinajstić information content (AvgIpc) is 3.00. The van der Waals surface area contributed by atoms with Gasteiger partial charge in [0.2, 0.25) is 11.6 Å². The monoisotopic (exact) mass is 530 g/mol. The predicted octanol–water partition coefficient (Wildman–Crippen LogP) is 6.62. The fourth-order valence-corrected chi connectivity index (χ4v) is 6.68. The molecule has 0 atom stereocenters. The van der Waals surface area contributed by atoms with Gasteiger partial charge >= 0.3 is 0 Å². The summed E-state index contributed by atoms with van der Waals surface area (Å²) in [7, 11) is 0. The van der Waals surface area contributed by atoms with Crippen LogP contribution in [0.25, 0.3) is 0 Å². The lowest BCUT2D eigenvalue weighted by atomic mass is 9.91. The number of carbonyl (C=O) groups excluding carboxylic acids is 2. The number of thioether (sulfide) groups is 1. The van der Waals surface area contributed by atoms with Crippen molar-refractivity contribution in [3.63, 3.8) is 0 Å². The lowest BCUT2D eigenvalue weighted by molar-refractivity contribution is 0.0889. The molecule has 4 nitrogen and oxygen atoms in total. The van der Waals surface area contributed by atoms with Crippen molar-refractivity contribution >= 4 is 23.3 Å². The molecule has 1 aliphatic heterocycles. The van der Waals surface area contributed by atoms with E-state index in [1.165, 1.54) is 22.9 Å². The molecule has 0 unspecified atom stereocenters. The van der Waals surface area contributed by atoms with Crippen molar-refractivity contribution in [1.82, 2.24) is 9.80 Å². The minimum atomic E-state index is -0.0463. The second kappa shape index (κ2) is 11.4. The molecular weight excluding hydrogens is 500 g/mol. The Kier molecular flexibility index (Phi) is 7.44. The Morgan fingerprint density at radius 2 is 1.08 bits per heavy atom. The van der Waals surface area contributed by atoms with Gasteiger partial charge in [0, 0.05) is 43.1 Å². The van der Waals surface area contributed by atoms with Crippen LogP contribution in [-0.2, 0) is 5.75 Å². The van der Waals surface area contributed by atoms with Crippen molar-refractivity contribution in [2.75, 3.05) is 26.2 Å². The van der Waals surface area contributed by atoms with Gasteiger partial charge in [-0.25, -0.2) is 0 Å². The Balaban J connectivity index is 1.29. The zero-order valence-corrected chi connectivity index (χ0v) is 22.5. The van der Waals surface area contributed by atoms with Crippen molar-refractivity contribution in [3.8, 4) is 0 Å². The van der Waals surface area contributed by atoms with Crippen molar-refractivity contribution in [2.45, 2.75) is 11.8 Å². The van der Waals surface area contributed by atoms with Crippen LogP contribution in [0.5, 0.6) is 0 Å². The summed E-state index contributed by atoms with van der Waals surface area (Å²) in [4.78, 5) is 32.8. The number of hydrogen-bond donors (Lipinski definition) is 0. The van der Waals surface area contributed by atoms with Gasteiger partial charge in [0.15, 0.2) is 0 Å². The van der Waals surface area contributed by atoms with Gasteiger partial charge in [-0.2, -0.15) is 0 Å². The number of hydrogen-bond acceptors (Lipinski definition) is 5. The molecule has 0 aromatic heterocycles. The van der Waals surface area contributed by atoms with Crippen LogP contribution in [0.3, 0.4) is 0 Å². The highest BCUT2D eigenvalue weighted by atomic mass is 32.2. The number of rotatable bonds is 7. The fourth-order valence-electron chi connectivity index (χ4n) is 5.58. The highest BCUT2D eigenvalue weighted by molar-refractivity contribution is 8.03. The predicted molar refractivity (Wildman–Crippen MR) is 158 cm³/mol. The average molecular weight is 531 g/mol. The highest BCUT2D eigenvalue weighted by Gasteiger charge is 2.37. The van der Waals surface area contributed by atoms with E-state index in [0.29, 0.717) is 40.6 Å². The number of fused-ring (bicyclic) bond motifs is 1. The minimum Gasteiger partial charge on any atom is -0.365 e. The third-order valence-corrected chi connectivity index (χ3v) is 8.65. The Morgan fingerprint density at radius 1 is 0.590 bits per heavy atom. The van der Waals surface area contributed by atoms with E-state index in [1.807, 2.05) is 42.5 Å². The SMILES string of the molecule is O=C1C(SCc2ccccc2)=C(N2CCN(C(c3ccccc3)c3ccccc3)CC2)C(=O)c2ccccc21. The van der Waals surface area contributed by atoms with Crippen molar-refractivity contribution in [1.29, 1.82) is 0 Å². The van der Waals surface area contributed by atoms with E-state index in [4.69, 9.17) is 0 Å². The molecule has 5 heteroatoms. The van der Waals surface area contributed by atoms with Gasteiger partial charge in [-0.3, -0.25) is 14.5 Å². The Morgan fingerprint density at radius 3 is 1.64 bits per heavy atom. The molecule has 0 amide bonds. The van der Waals surface area contributed by atoms with Gasteiger partial charge in [-0.15, -0.1) is 11.8 Å². The molecule has 1 saturated heterocycles. The third kappa shape index (κ3) is 5.20. The standard InChI is InChI=1S/C34H30N2O2S/c37-32-28-18-10-11-19-29(28)33(38)34(39-24-25-12-4-1-5-13-25)31(32)36-22-20-35(21-23-36)30(26-14-6-2-7-15-26)27-16-8-3-9-17-27/h1-19,30H,20-24H2. The van der Waals surface area contributed by atoms with Crippen LogP contribution in [0.4, 0.5) is 0 Å². The minimum absolute atomic E-state index is 0.0446. The molecule has 39 heavy (non-hydrogen) atoms. The molecule has 0 spiro atoms. The van der Waals surface area contributed by atoms with Crippen LogP contribution < -0.4 is 0 Å². The summed E-state index contributed by atoms with van der Waals surface area (Å²) >= 11 is 1.48. The molecule has 1 heterocycles. The zero-order chi connectivity index (χ0) is 26.6. The molecule has 0 radical (unpaired) electrons. The molecule has 4 aromatic carbocycles. The quantitative estimate of drug-likeness (QED) is 0.269. The maximum Gasteiger partial charge on any atom is 0.211 e. The van der Waals surface area contributed by atoms with E-state index in [-0.39, 0.29) is 17.6 Å². The van der Waals surface area contributed by atoms with Gasteiger partial charge in [-0.1, -0.05) is 115 Å². The summed E-state index contributed by atoms with van der Waals surface area (Å²) < 4.78 is 0. The molecule has 2 aliphatic rings. The Labute approximate surface area is 234 Å². The fraction of sp³-hybridized carbons (Fsp3) is 0.176. The molecule has 194 valence electrons. The zero-order valence-electron chi connectivity index (χ0n) is 21.7. The summed E-state index contributed by atoms with van der Waals surface area (Å²) in [5, 5.41) is 0.